The van der Waals surface area contributed by atoms with Gasteiger partial charge in [-0.15, -0.1) is 0 Å². The number of ether oxygens (including phenoxy) is 2. The van der Waals surface area contributed by atoms with Gasteiger partial charge in [-0.05, 0) is 43.7 Å². The van der Waals surface area contributed by atoms with Crippen LogP contribution in [0.3, 0.4) is 0 Å². The number of aromatic nitrogens is 1. The van der Waals surface area contributed by atoms with Crippen LogP contribution in [0.1, 0.15) is 24.2 Å². The van der Waals surface area contributed by atoms with Crippen molar-refractivity contribution in [1.29, 1.82) is 5.41 Å². The molecule has 8 heteroatoms. The molecule has 0 aliphatic rings. The summed E-state index contributed by atoms with van der Waals surface area (Å²) in [6.45, 7) is 3.81. The van der Waals surface area contributed by atoms with Gasteiger partial charge in [0.2, 0.25) is 5.55 Å². The molecule has 2 heterocycles. The van der Waals surface area contributed by atoms with Crippen molar-refractivity contribution < 1.29 is 23.8 Å². The van der Waals surface area contributed by atoms with E-state index in [1.807, 2.05) is 0 Å². The Labute approximate surface area is 176 Å². The fourth-order valence-corrected chi connectivity index (χ4v) is 3.56. The zero-order valence-electron chi connectivity index (χ0n) is 16.9. The average molecular weight is 420 g/mol. The first-order valence-electron chi connectivity index (χ1n) is 9.76. The molecule has 0 fully saturated rings. The predicted octanol–water partition coefficient (Wildman–Crippen LogP) is 3.70. The van der Waals surface area contributed by atoms with Crippen molar-refractivity contribution in [3.8, 4) is 22.6 Å². The monoisotopic (exact) mass is 420 g/mol. The highest BCUT2D eigenvalue weighted by atomic mass is 16.5. The van der Waals surface area contributed by atoms with Crippen LogP contribution in [0.4, 0.5) is 0 Å². The maximum absolute atomic E-state index is 13.1. The van der Waals surface area contributed by atoms with Crippen molar-refractivity contribution in [2.75, 3.05) is 13.2 Å². The summed E-state index contributed by atoms with van der Waals surface area (Å²) in [5.74, 6) is -0.682. The van der Waals surface area contributed by atoms with Crippen LogP contribution in [0, 0.1) is 5.41 Å². The fourth-order valence-electron chi connectivity index (χ4n) is 3.56. The van der Waals surface area contributed by atoms with Gasteiger partial charge in [0.25, 0.3) is 5.56 Å². The van der Waals surface area contributed by atoms with Crippen LogP contribution in [0.15, 0.2) is 51.7 Å². The molecule has 8 nitrogen and oxygen atoms in total. The van der Waals surface area contributed by atoms with Gasteiger partial charge in [-0.3, -0.25) is 10.2 Å². The summed E-state index contributed by atoms with van der Waals surface area (Å²) in [5.41, 5.74) is 0.212. The third-order valence-electron chi connectivity index (χ3n) is 4.83. The van der Waals surface area contributed by atoms with Crippen LogP contribution in [-0.2, 0) is 4.74 Å². The third kappa shape index (κ3) is 3.42. The van der Waals surface area contributed by atoms with Crippen molar-refractivity contribution in [2.24, 2.45) is 0 Å². The summed E-state index contributed by atoms with van der Waals surface area (Å²) < 4.78 is 16.3. The van der Waals surface area contributed by atoms with Crippen LogP contribution in [0.5, 0.6) is 11.5 Å². The lowest BCUT2D eigenvalue weighted by Gasteiger charge is -2.14. The molecule has 4 rings (SSSR count). The Morgan fingerprint density at radius 1 is 1.16 bits per heavy atom. The van der Waals surface area contributed by atoms with Gasteiger partial charge in [0.05, 0.1) is 24.1 Å². The number of esters is 1. The van der Waals surface area contributed by atoms with E-state index in [0.29, 0.717) is 23.1 Å². The molecule has 0 aliphatic carbocycles. The topological polar surface area (TPSA) is 126 Å². The number of H-pyrrole nitrogens is 1. The molecule has 0 aliphatic heterocycles. The molecule has 0 amide bonds. The number of carbonyl (C=O) groups excluding carboxylic acids is 1. The summed E-state index contributed by atoms with van der Waals surface area (Å²) in [6, 6.07) is 11.5. The summed E-state index contributed by atoms with van der Waals surface area (Å²) in [7, 11) is 0. The number of aromatic hydroxyl groups is 1. The SMILES string of the molecule is CCOC(=O)c1c(-c2ccc(O)c(OCC)c2)c2c(=O)[nH]c3ccccc3c2oc1=N. The Morgan fingerprint density at radius 2 is 1.94 bits per heavy atom. The normalized spacial score (nSPS) is 11.0. The van der Waals surface area contributed by atoms with E-state index in [9.17, 15) is 14.7 Å². The quantitative estimate of drug-likeness (QED) is 0.334. The summed E-state index contributed by atoms with van der Waals surface area (Å²) in [5, 5.41) is 19.2. The third-order valence-corrected chi connectivity index (χ3v) is 4.83. The predicted molar refractivity (Wildman–Crippen MR) is 114 cm³/mol. The highest BCUT2D eigenvalue weighted by molar-refractivity contribution is 6.11. The molecule has 0 unspecified atom stereocenters. The Balaban J connectivity index is 2.20. The zero-order valence-corrected chi connectivity index (χ0v) is 16.9. The van der Waals surface area contributed by atoms with Crippen molar-refractivity contribution >= 4 is 27.8 Å². The molecule has 0 bridgehead atoms. The number of nitrogens with one attached hydrogen (secondary N) is 2. The summed E-state index contributed by atoms with van der Waals surface area (Å²) in [4.78, 5) is 28.7. The highest BCUT2D eigenvalue weighted by Crippen LogP contribution is 2.36. The van der Waals surface area contributed by atoms with Crippen LogP contribution < -0.4 is 15.9 Å². The van der Waals surface area contributed by atoms with Crippen LogP contribution in [-0.4, -0.2) is 29.3 Å². The van der Waals surface area contributed by atoms with E-state index in [4.69, 9.17) is 19.3 Å². The molecular formula is C23H20N2O6. The standard InChI is InChI=1S/C23H20N2O6/c1-3-29-16-11-12(9-10-15(16)26)17-18-20(31-21(24)19(17)23(28)30-4-2)13-7-5-6-8-14(13)25-22(18)27/h5-11,24,26H,3-4H2,1-2H3,(H,25,27). The van der Waals surface area contributed by atoms with E-state index in [0.717, 1.165) is 0 Å². The van der Waals surface area contributed by atoms with Crippen LogP contribution >= 0.6 is 0 Å². The number of hydrogen-bond acceptors (Lipinski definition) is 7. The molecule has 31 heavy (non-hydrogen) atoms. The number of phenolic OH excluding ortho intramolecular Hbond substituents is 1. The van der Waals surface area contributed by atoms with Crippen molar-refractivity contribution in [3.63, 3.8) is 0 Å². The van der Waals surface area contributed by atoms with Gasteiger partial charge in [0.1, 0.15) is 5.56 Å². The van der Waals surface area contributed by atoms with Gasteiger partial charge in [0, 0.05) is 10.9 Å². The molecule has 0 radical (unpaired) electrons. The molecule has 0 saturated heterocycles. The van der Waals surface area contributed by atoms with Crippen LogP contribution in [0.25, 0.3) is 33.0 Å². The first-order valence-corrected chi connectivity index (χ1v) is 9.76. The van der Waals surface area contributed by atoms with E-state index in [1.54, 1.807) is 44.2 Å². The molecule has 0 spiro atoms. The molecule has 158 valence electrons. The van der Waals surface area contributed by atoms with Gasteiger partial charge >= 0.3 is 5.97 Å². The summed E-state index contributed by atoms with van der Waals surface area (Å²) >= 11 is 0. The molecule has 0 saturated carbocycles. The Hall–Kier alpha value is -4.07. The largest absolute Gasteiger partial charge is 0.504 e. The number of aromatic amines is 1. The van der Waals surface area contributed by atoms with Crippen LogP contribution in [0.2, 0.25) is 0 Å². The maximum atomic E-state index is 13.1. The van der Waals surface area contributed by atoms with E-state index >= 15 is 0 Å². The lowest BCUT2D eigenvalue weighted by molar-refractivity contribution is 0.0522. The minimum atomic E-state index is -0.785. The Morgan fingerprint density at radius 3 is 2.68 bits per heavy atom. The van der Waals surface area contributed by atoms with Gasteiger partial charge < -0.3 is 24.0 Å². The average Bonchev–Trinajstić information content (AvgIpc) is 2.75. The van der Waals surface area contributed by atoms with Crippen molar-refractivity contribution in [3.05, 3.63) is 63.9 Å². The second-order valence-electron chi connectivity index (χ2n) is 6.72. The summed E-state index contributed by atoms with van der Waals surface area (Å²) in [6.07, 6.45) is 0. The van der Waals surface area contributed by atoms with Gasteiger partial charge in [-0.2, -0.15) is 0 Å². The minimum absolute atomic E-state index is 0.0846. The Kier molecular flexibility index (Phi) is 5.21. The maximum Gasteiger partial charge on any atom is 0.344 e. The number of carbonyl (C=O) groups is 1. The first kappa shape index (κ1) is 20.2. The number of fused-ring (bicyclic) bond motifs is 3. The lowest BCUT2D eigenvalue weighted by Crippen LogP contribution is -2.21. The van der Waals surface area contributed by atoms with E-state index < -0.39 is 17.1 Å². The minimum Gasteiger partial charge on any atom is -0.504 e. The van der Waals surface area contributed by atoms with Crippen molar-refractivity contribution in [1.82, 2.24) is 4.98 Å². The lowest BCUT2D eigenvalue weighted by atomic mass is 9.96. The smallest absolute Gasteiger partial charge is 0.344 e. The number of phenols is 1. The number of rotatable bonds is 5. The van der Waals surface area contributed by atoms with Crippen molar-refractivity contribution in [2.45, 2.75) is 13.8 Å². The molecule has 2 aromatic heterocycles. The van der Waals surface area contributed by atoms with Gasteiger partial charge in [0.15, 0.2) is 17.1 Å². The second-order valence-corrected chi connectivity index (χ2v) is 6.72. The van der Waals surface area contributed by atoms with E-state index in [2.05, 4.69) is 4.98 Å². The first-order chi connectivity index (χ1) is 15.0. The zero-order chi connectivity index (χ0) is 22.1. The highest BCUT2D eigenvalue weighted by Gasteiger charge is 2.25. The number of pyridine rings is 1. The molecule has 0 atom stereocenters. The fraction of sp³-hybridized carbons (Fsp3) is 0.174. The number of benzene rings is 2. The number of hydrogen-bond donors (Lipinski definition) is 3. The van der Waals surface area contributed by atoms with Gasteiger partial charge in [-0.25, -0.2) is 4.79 Å². The van der Waals surface area contributed by atoms with E-state index in [1.165, 1.54) is 12.1 Å². The Bertz CT molecular complexity index is 1430. The molecule has 3 N–H and O–H groups in total. The second kappa shape index (κ2) is 7.98. The molecule has 2 aromatic carbocycles. The van der Waals surface area contributed by atoms with Gasteiger partial charge in [-0.1, -0.05) is 18.2 Å². The number of para-hydroxylation sites is 1. The molecule has 4 aromatic rings. The molecular weight excluding hydrogens is 400 g/mol. The van der Waals surface area contributed by atoms with E-state index in [-0.39, 0.29) is 40.2 Å².